The smallest absolute Gasteiger partial charge is 0.340 e. The van der Waals surface area contributed by atoms with Crippen molar-refractivity contribution in [3.8, 4) is 0 Å². The summed E-state index contributed by atoms with van der Waals surface area (Å²) in [7, 11) is -3.48. The van der Waals surface area contributed by atoms with E-state index in [1.165, 1.54) is 18.4 Å². The van der Waals surface area contributed by atoms with Crippen LogP contribution in [0.1, 0.15) is 30.6 Å². The highest BCUT2D eigenvalue weighted by atomic mass is 32.2. The minimum absolute atomic E-state index is 0.101. The number of carbonyl (C=O) groups is 3. The van der Waals surface area contributed by atoms with E-state index in [9.17, 15) is 22.8 Å². The first-order chi connectivity index (χ1) is 14.6. The quantitative estimate of drug-likeness (QED) is 0.502. The molecule has 0 saturated heterocycles. The number of rotatable bonds is 7. The molecule has 0 spiro atoms. The van der Waals surface area contributed by atoms with Gasteiger partial charge in [-0.15, -0.1) is 4.40 Å². The SMILES string of the molecule is CC(C)CC(=O)Nc1ccc(C(=O)COC(=O)C2=CN3CCS(=O)(=O)N=C3C=C2)cc1. The first kappa shape index (κ1) is 22.4. The van der Waals surface area contributed by atoms with Gasteiger partial charge in [-0.1, -0.05) is 13.8 Å². The number of carbonyl (C=O) groups excluding carboxylic acids is 3. The first-order valence-electron chi connectivity index (χ1n) is 9.72. The number of hydrogen-bond acceptors (Lipinski definition) is 7. The van der Waals surface area contributed by atoms with Gasteiger partial charge in [0.15, 0.2) is 12.4 Å². The van der Waals surface area contributed by atoms with E-state index in [1.54, 1.807) is 29.2 Å². The van der Waals surface area contributed by atoms with Crippen LogP contribution in [0.15, 0.2) is 52.6 Å². The summed E-state index contributed by atoms with van der Waals surface area (Å²) in [6, 6.07) is 6.34. The highest BCUT2D eigenvalue weighted by Gasteiger charge is 2.25. The molecule has 1 aromatic carbocycles. The van der Waals surface area contributed by atoms with Gasteiger partial charge in [-0.25, -0.2) is 13.2 Å². The van der Waals surface area contributed by atoms with Crippen LogP contribution in [-0.4, -0.2) is 55.7 Å². The summed E-state index contributed by atoms with van der Waals surface area (Å²) in [6.45, 7) is 3.64. The van der Waals surface area contributed by atoms with E-state index in [0.29, 0.717) is 17.7 Å². The standard InChI is InChI=1S/C21H23N3O6S/c1-14(2)11-20(26)22-17-6-3-15(4-7-17)18(25)13-30-21(27)16-5-8-19-23-31(28,29)10-9-24(19)12-16/h3-8,12,14H,9-11,13H2,1-2H3,(H,22,26). The maximum absolute atomic E-state index is 12.3. The maximum atomic E-state index is 12.3. The van der Waals surface area contributed by atoms with Gasteiger partial charge in [-0.05, 0) is 42.3 Å². The average Bonchev–Trinajstić information content (AvgIpc) is 2.70. The zero-order chi connectivity index (χ0) is 22.6. The number of sulfonamides is 1. The van der Waals surface area contributed by atoms with Gasteiger partial charge in [0.25, 0.3) is 10.0 Å². The van der Waals surface area contributed by atoms with Crippen LogP contribution in [-0.2, 0) is 24.3 Å². The van der Waals surface area contributed by atoms with Gasteiger partial charge in [0.1, 0.15) is 5.84 Å². The molecule has 10 heteroatoms. The molecule has 31 heavy (non-hydrogen) atoms. The van der Waals surface area contributed by atoms with Crippen LogP contribution in [0, 0.1) is 5.92 Å². The lowest BCUT2D eigenvalue weighted by molar-refractivity contribution is -0.137. The van der Waals surface area contributed by atoms with Crippen LogP contribution in [0.5, 0.6) is 0 Å². The summed E-state index contributed by atoms with van der Waals surface area (Å²) in [4.78, 5) is 37.9. The van der Waals surface area contributed by atoms with E-state index >= 15 is 0 Å². The Morgan fingerprint density at radius 3 is 2.55 bits per heavy atom. The summed E-state index contributed by atoms with van der Waals surface area (Å²) < 4.78 is 31.8. The molecule has 2 aliphatic rings. The third-order valence-electron chi connectivity index (χ3n) is 4.48. The van der Waals surface area contributed by atoms with E-state index < -0.39 is 22.6 Å². The molecular weight excluding hydrogens is 422 g/mol. The molecule has 1 N–H and O–H groups in total. The Hall–Kier alpha value is -3.27. The third-order valence-corrected chi connectivity index (χ3v) is 5.64. The molecule has 3 rings (SSSR count). The van der Waals surface area contributed by atoms with Crippen LogP contribution >= 0.6 is 0 Å². The highest BCUT2D eigenvalue weighted by molar-refractivity contribution is 7.90. The number of hydrogen-bond donors (Lipinski definition) is 1. The Labute approximate surface area is 180 Å². The largest absolute Gasteiger partial charge is 0.454 e. The maximum Gasteiger partial charge on any atom is 0.340 e. The van der Waals surface area contributed by atoms with E-state index in [2.05, 4.69) is 9.71 Å². The fourth-order valence-electron chi connectivity index (χ4n) is 2.94. The molecular formula is C21H23N3O6S. The fraction of sp³-hybridized carbons (Fsp3) is 0.333. The van der Waals surface area contributed by atoms with Crippen molar-refractivity contribution in [3.05, 3.63) is 53.8 Å². The van der Waals surface area contributed by atoms with Gasteiger partial charge in [0, 0.05) is 30.4 Å². The molecule has 9 nitrogen and oxygen atoms in total. The minimum atomic E-state index is -3.48. The molecule has 1 aromatic rings. The number of amides is 1. The number of amidine groups is 1. The monoisotopic (exact) mass is 445 g/mol. The molecule has 0 atom stereocenters. The van der Waals surface area contributed by atoms with E-state index in [0.717, 1.165) is 0 Å². The van der Waals surface area contributed by atoms with E-state index in [4.69, 9.17) is 4.74 Å². The molecule has 0 aromatic heterocycles. The number of Topliss-reactive ketones (excluding diaryl/α,β-unsaturated/α-hetero) is 1. The molecule has 0 radical (unpaired) electrons. The predicted molar refractivity (Wildman–Crippen MR) is 115 cm³/mol. The predicted octanol–water partition coefficient (Wildman–Crippen LogP) is 1.89. The zero-order valence-corrected chi connectivity index (χ0v) is 18.0. The second-order valence-electron chi connectivity index (χ2n) is 7.57. The van der Waals surface area contributed by atoms with Crippen molar-refractivity contribution in [2.75, 3.05) is 24.2 Å². The molecule has 1 amide bonds. The van der Waals surface area contributed by atoms with Gasteiger partial charge in [-0.2, -0.15) is 0 Å². The summed E-state index contributed by atoms with van der Waals surface area (Å²) in [5, 5.41) is 2.76. The number of fused-ring (bicyclic) bond motifs is 1. The van der Waals surface area contributed by atoms with E-state index in [1.807, 2.05) is 13.8 Å². The summed E-state index contributed by atoms with van der Waals surface area (Å²) in [6.07, 6.45) is 4.68. The normalized spacial score (nSPS) is 16.8. The zero-order valence-electron chi connectivity index (χ0n) is 17.2. The van der Waals surface area contributed by atoms with Crippen molar-refractivity contribution in [1.82, 2.24) is 4.90 Å². The Bertz CT molecular complexity index is 1080. The summed E-state index contributed by atoms with van der Waals surface area (Å²) in [5.74, 6) is -0.854. The van der Waals surface area contributed by atoms with Crippen LogP contribution < -0.4 is 5.32 Å². The molecule has 2 heterocycles. The van der Waals surface area contributed by atoms with Crippen molar-refractivity contribution in [1.29, 1.82) is 0 Å². The molecule has 0 bridgehead atoms. The Kier molecular flexibility index (Phi) is 6.69. The molecule has 0 unspecified atom stereocenters. The molecule has 2 aliphatic heterocycles. The number of esters is 1. The van der Waals surface area contributed by atoms with Gasteiger partial charge in [-0.3, -0.25) is 9.59 Å². The lowest BCUT2D eigenvalue weighted by Crippen LogP contribution is -2.37. The Morgan fingerprint density at radius 1 is 1.16 bits per heavy atom. The van der Waals surface area contributed by atoms with Gasteiger partial charge in [0.05, 0.1) is 11.3 Å². The number of anilines is 1. The molecule has 164 valence electrons. The third kappa shape index (κ3) is 6.11. The van der Waals surface area contributed by atoms with Gasteiger partial charge >= 0.3 is 5.97 Å². The lowest BCUT2D eigenvalue weighted by Gasteiger charge is -2.26. The van der Waals surface area contributed by atoms with Gasteiger partial charge in [0.2, 0.25) is 5.91 Å². The molecule has 0 fully saturated rings. The Balaban J connectivity index is 1.54. The van der Waals surface area contributed by atoms with Crippen LogP contribution in [0.2, 0.25) is 0 Å². The average molecular weight is 445 g/mol. The van der Waals surface area contributed by atoms with Crippen molar-refractivity contribution in [2.45, 2.75) is 20.3 Å². The van der Waals surface area contributed by atoms with Crippen molar-refractivity contribution in [2.24, 2.45) is 10.3 Å². The van der Waals surface area contributed by atoms with Crippen LogP contribution in [0.3, 0.4) is 0 Å². The van der Waals surface area contributed by atoms with Gasteiger partial charge < -0.3 is 15.0 Å². The second-order valence-corrected chi connectivity index (χ2v) is 9.32. The number of nitrogens with zero attached hydrogens (tertiary/aromatic N) is 2. The fourth-order valence-corrected chi connectivity index (χ4v) is 3.91. The first-order valence-corrected chi connectivity index (χ1v) is 11.3. The topological polar surface area (TPSA) is 122 Å². The second kappa shape index (κ2) is 9.25. The van der Waals surface area contributed by atoms with Crippen LogP contribution in [0.4, 0.5) is 5.69 Å². The lowest BCUT2D eigenvalue weighted by atomic mass is 10.1. The summed E-state index contributed by atoms with van der Waals surface area (Å²) in [5.41, 5.74) is 1.12. The number of ether oxygens (including phenoxy) is 1. The molecule has 0 aliphatic carbocycles. The number of benzene rings is 1. The summed E-state index contributed by atoms with van der Waals surface area (Å²) >= 11 is 0. The van der Waals surface area contributed by atoms with Crippen molar-refractivity contribution < 1.29 is 27.5 Å². The molecule has 0 saturated carbocycles. The number of ketones is 1. The van der Waals surface area contributed by atoms with Crippen LogP contribution in [0.25, 0.3) is 0 Å². The van der Waals surface area contributed by atoms with Crippen molar-refractivity contribution >= 4 is 39.2 Å². The number of nitrogens with one attached hydrogen (secondary N) is 1. The Morgan fingerprint density at radius 2 is 1.87 bits per heavy atom. The highest BCUT2D eigenvalue weighted by Crippen LogP contribution is 2.17. The van der Waals surface area contributed by atoms with Crippen molar-refractivity contribution in [3.63, 3.8) is 0 Å². The van der Waals surface area contributed by atoms with E-state index in [-0.39, 0.29) is 41.3 Å². The minimum Gasteiger partial charge on any atom is -0.454 e.